The molecule has 3 atom stereocenters. The summed E-state index contributed by atoms with van der Waals surface area (Å²) in [6, 6.07) is 16.9. The van der Waals surface area contributed by atoms with Crippen LogP contribution in [0.25, 0.3) is 10.9 Å². The van der Waals surface area contributed by atoms with Gasteiger partial charge in [-0.2, -0.15) is 0 Å². The van der Waals surface area contributed by atoms with E-state index in [1.807, 2.05) is 48.1 Å². The van der Waals surface area contributed by atoms with Gasteiger partial charge in [-0.15, -0.1) is 0 Å². The Balaban J connectivity index is 1.40. The van der Waals surface area contributed by atoms with Crippen LogP contribution in [-0.2, 0) is 7.05 Å². The molecule has 5 nitrogen and oxygen atoms in total. The molecule has 1 aromatic heterocycles. The number of hydrogen-bond acceptors (Lipinski definition) is 3. The van der Waals surface area contributed by atoms with Crippen LogP contribution in [0, 0.1) is 11.8 Å². The van der Waals surface area contributed by atoms with Crippen LogP contribution in [0.2, 0.25) is 0 Å². The van der Waals surface area contributed by atoms with Gasteiger partial charge in [0.1, 0.15) is 5.75 Å². The van der Waals surface area contributed by atoms with E-state index in [1.54, 1.807) is 7.11 Å². The molecule has 5 rings (SSSR count). The zero-order valence-corrected chi connectivity index (χ0v) is 17.2. The Morgan fingerprint density at radius 1 is 1.00 bits per heavy atom. The summed E-state index contributed by atoms with van der Waals surface area (Å²) in [7, 11) is 5.90. The van der Waals surface area contributed by atoms with Gasteiger partial charge < -0.3 is 14.2 Å². The summed E-state index contributed by atoms with van der Waals surface area (Å²) in [5.41, 5.74) is 3.23. The minimum Gasteiger partial charge on any atom is -0.497 e. The molecule has 2 aromatic carbocycles. The van der Waals surface area contributed by atoms with Crippen LogP contribution in [0.15, 0.2) is 54.7 Å². The van der Waals surface area contributed by atoms with Gasteiger partial charge in [0.05, 0.1) is 12.7 Å². The van der Waals surface area contributed by atoms with E-state index in [0.717, 1.165) is 41.9 Å². The maximum Gasteiger partial charge on any atom is 0.256 e. The highest BCUT2D eigenvalue weighted by molar-refractivity contribution is 6.07. The van der Waals surface area contributed by atoms with Crippen molar-refractivity contribution in [3.05, 3.63) is 65.9 Å². The number of para-hydroxylation sites is 1. The number of methoxy groups -OCH3 is 1. The van der Waals surface area contributed by atoms with Gasteiger partial charge in [-0.25, -0.2) is 0 Å². The largest absolute Gasteiger partial charge is 0.497 e. The second-order valence-corrected chi connectivity index (χ2v) is 8.46. The summed E-state index contributed by atoms with van der Waals surface area (Å²) < 4.78 is 7.36. The lowest BCUT2D eigenvalue weighted by molar-refractivity contribution is 0.0769. The summed E-state index contributed by atoms with van der Waals surface area (Å²) in [6.07, 6.45) is 1.98. The van der Waals surface area contributed by atoms with Crippen LogP contribution in [-0.4, -0.2) is 54.1 Å². The standard InChI is InChI=1S/C24H27N3O2/c1-25-14-21(19-6-4-5-7-22(19)25)24(28)27-13-17-12-26(2)23(20(17)15-27)16-8-10-18(29-3)11-9-16/h4-11,14,17,20,23H,12-13,15H2,1-3H3/t17-,20+,23-/m0/s1. The molecule has 5 heteroatoms. The number of ether oxygens (including phenoxy) is 1. The second-order valence-electron chi connectivity index (χ2n) is 8.46. The van der Waals surface area contributed by atoms with E-state index in [9.17, 15) is 4.79 Å². The van der Waals surface area contributed by atoms with Crippen LogP contribution in [0.5, 0.6) is 5.75 Å². The fourth-order valence-corrected chi connectivity index (χ4v) is 5.41. The summed E-state index contributed by atoms with van der Waals surface area (Å²) in [5.74, 6) is 2.02. The van der Waals surface area contributed by atoms with E-state index < -0.39 is 0 Å². The molecule has 2 aliphatic rings. The molecule has 0 unspecified atom stereocenters. The fraction of sp³-hybridized carbons (Fsp3) is 0.375. The van der Waals surface area contributed by atoms with Crippen molar-refractivity contribution < 1.29 is 9.53 Å². The number of rotatable bonds is 3. The number of amides is 1. The third-order valence-corrected chi connectivity index (χ3v) is 6.77. The average Bonchev–Trinajstić information content (AvgIpc) is 3.38. The second kappa shape index (κ2) is 6.92. The van der Waals surface area contributed by atoms with Crippen molar-refractivity contribution in [2.24, 2.45) is 18.9 Å². The third-order valence-electron chi connectivity index (χ3n) is 6.77. The molecule has 0 spiro atoms. The van der Waals surface area contributed by atoms with Crippen molar-refractivity contribution in [1.29, 1.82) is 0 Å². The molecule has 0 bridgehead atoms. The van der Waals surface area contributed by atoms with Crippen LogP contribution in [0.1, 0.15) is 22.0 Å². The van der Waals surface area contributed by atoms with Crippen LogP contribution in [0.3, 0.4) is 0 Å². The van der Waals surface area contributed by atoms with E-state index in [1.165, 1.54) is 5.56 Å². The lowest BCUT2D eigenvalue weighted by Gasteiger charge is -2.27. The van der Waals surface area contributed by atoms with Gasteiger partial charge >= 0.3 is 0 Å². The lowest BCUT2D eigenvalue weighted by Crippen LogP contribution is -2.33. The molecule has 0 N–H and O–H groups in total. The molecular formula is C24H27N3O2. The minimum absolute atomic E-state index is 0.160. The topological polar surface area (TPSA) is 37.7 Å². The van der Waals surface area contributed by atoms with Crippen molar-refractivity contribution >= 4 is 16.8 Å². The van der Waals surface area contributed by atoms with Crippen LogP contribution < -0.4 is 4.74 Å². The number of hydrogen-bond donors (Lipinski definition) is 0. The monoisotopic (exact) mass is 389 g/mol. The van der Waals surface area contributed by atoms with Gasteiger partial charge in [0.25, 0.3) is 5.91 Å². The van der Waals surface area contributed by atoms with Crippen molar-refractivity contribution in [3.63, 3.8) is 0 Å². The molecule has 1 amide bonds. The Kier molecular flexibility index (Phi) is 4.36. The molecule has 2 fully saturated rings. The van der Waals surface area contributed by atoms with Crippen molar-refractivity contribution in [2.75, 3.05) is 33.8 Å². The van der Waals surface area contributed by atoms with Gasteiger partial charge in [-0.05, 0) is 36.7 Å². The number of fused-ring (bicyclic) bond motifs is 2. The number of carbonyl (C=O) groups is 1. The normalized spacial score (nSPS) is 24.2. The summed E-state index contributed by atoms with van der Waals surface area (Å²) in [5, 5.41) is 1.04. The first-order chi connectivity index (χ1) is 14.1. The Hall–Kier alpha value is -2.79. The van der Waals surface area contributed by atoms with Crippen molar-refractivity contribution in [2.45, 2.75) is 6.04 Å². The molecule has 0 radical (unpaired) electrons. The predicted molar refractivity (Wildman–Crippen MR) is 114 cm³/mol. The SMILES string of the molecule is COc1ccc([C@H]2[C@@H]3CN(C(=O)c4cn(C)c5ccccc45)C[C@@H]3CN2C)cc1. The molecule has 2 saturated heterocycles. The Bertz CT molecular complexity index is 1060. The van der Waals surface area contributed by atoms with E-state index in [-0.39, 0.29) is 5.91 Å². The van der Waals surface area contributed by atoms with E-state index in [4.69, 9.17) is 4.74 Å². The average molecular weight is 389 g/mol. The van der Waals surface area contributed by atoms with Crippen LogP contribution >= 0.6 is 0 Å². The number of aromatic nitrogens is 1. The quantitative estimate of drug-likeness (QED) is 0.687. The van der Waals surface area contributed by atoms with E-state index in [2.05, 4.69) is 35.0 Å². The fourth-order valence-electron chi connectivity index (χ4n) is 5.41. The minimum atomic E-state index is 0.160. The third kappa shape index (κ3) is 2.92. The number of benzene rings is 2. The molecule has 3 heterocycles. The smallest absolute Gasteiger partial charge is 0.256 e. The maximum absolute atomic E-state index is 13.4. The summed E-state index contributed by atoms with van der Waals surface area (Å²) in [6.45, 7) is 2.68. The van der Waals surface area contributed by atoms with Crippen LogP contribution in [0.4, 0.5) is 0 Å². The highest BCUT2D eigenvalue weighted by Crippen LogP contribution is 2.44. The molecule has 150 valence electrons. The maximum atomic E-state index is 13.4. The highest BCUT2D eigenvalue weighted by atomic mass is 16.5. The molecule has 2 aliphatic heterocycles. The number of nitrogens with zero attached hydrogens (tertiary/aromatic N) is 3. The first-order valence-electron chi connectivity index (χ1n) is 10.2. The Morgan fingerprint density at radius 2 is 1.76 bits per heavy atom. The zero-order valence-electron chi connectivity index (χ0n) is 17.2. The van der Waals surface area contributed by atoms with Gasteiger partial charge in [0.15, 0.2) is 0 Å². The van der Waals surface area contributed by atoms with Gasteiger partial charge in [-0.3, -0.25) is 9.69 Å². The van der Waals surface area contributed by atoms with Gasteiger partial charge in [-0.1, -0.05) is 30.3 Å². The van der Waals surface area contributed by atoms with Gasteiger partial charge in [0.2, 0.25) is 0 Å². The van der Waals surface area contributed by atoms with Gasteiger partial charge in [0, 0.05) is 55.7 Å². The summed E-state index contributed by atoms with van der Waals surface area (Å²) >= 11 is 0. The van der Waals surface area contributed by atoms with Crippen molar-refractivity contribution in [1.82, 2.24) is 14.4 Å². The summed E-state index contributed by atoms with van der Waals surface area (Å²) in [4.78, 5) is 17.9. The Morgan fingerprint density at radius 3 is 2.52 bits per heavy atom. The molecule has 0 saturated carbocycles. The van der Waals surface area contributed by atoms with E-state index >= 15 is 0 Å². The van der Waals surface area contributed by atoms with Crippen molar-refractivity contribution in [3.8, 4) is 5.75 Å². The number of aryl methyl sites for hydroxylation is 1. The number of likely N-dealkylation sites (tertiary alicyclic amines) is 2. The highest BCUT2D eigenvalue weighted by Gasteiger charge is 2.47. The first kappa shape index (κ1) is 18.3. The Labute approximate surface area is 171 Å². The molecule has 29 heavy (non-hydrogen) atoms. The first-order valence-corrected chi connectivity index (χ1v) is 10.2. The lowest BCUT2D eigenvalue weighted by atomic mass is 9.89. The molecule has 3 aromatic rings. The molecule has 0 aliphatic carbocycles. The van der Waals surface area contributed by atoms with E-state index in [0.29, 0.717) is 17.9 Å². The zero-order chi connectivity index (χ0) is 20.1. The number of carbonyl (C=O) groups excluding carboxylic acids is 1. The molecular weight excluding hydrogens is 362 g/mol. The predicted octanol–water partition coefficient (Wildman–Crippen LogP) is 3.56.